The Morgan fingerprint density at radius 1 is 1.21 bits per heavy atom. The number of amides is 1. The first-order valence-electron chi connectivity index (χ1n) is 8.85. The van der Waals surface area contributed by atoms with E-state index >= 15 is 0 Å². The lowest BCUT2D eigenvalue weighted by Gasteiger charge is -2.24. The zero-order valence-electron chi connectivity index (χ0n) is 15.4. The molecule has 1 aliphatic rings. The van der Waals surface area contributed by atoms with Gasteiger partial charge in [-0.3, -0.25) is 4.79 Å². The number of fused-ring (bicyclic) bond motifs is 1. The molecule has 1 amide bonds. The van der Waals surface area contributed by atoms with Gasteiger partial charge in [-0.15, -0.1) is 0 Å². The number of rotatable bonds is 4. The predicted molar refractivity (Wildman–Crippen MR) is 110 cm³/mol. The number of carbonyl (C=O) groups excluding carboxylic acids is 1. The van der Waals surface area contributed by atoms with E-state index in [1.54, 1.807) is 35.0 Å². The van der Waals surface area contributed by atoms with Gasteiger partial charge in [0, 0.05) is 10.7 Å². The molecule has 0 radical (unpaired) electrons. The average Bonchev–Trinajstić information content (AvgIpc) is 3.13. The van der Waals surface area contributed by atoms with Crippen LogP contribution < -0.4 is 10.6 Å². The van der Waals surface area contributed by atoms with Crippen LogP contribution in [0, 0.1) is 6.92 Å². The van der Waals surface area contributed by atoms with Crippen LogP contribution in [0.4, 0.5) is 11.5 Å². The minimum Gasteiger partial charge on any atom is -0.477 e. The Balaban J connectivity index is 1.72. The van der Waals surface area contributed by atoms with Crippen LogP contribution in [-0.2, 0) is 4.79 Å². The summed E-state index contributed by atoms with van der Waals surface area (Å²) in [6.07, 6.45) is 2.96. The second-order valence-corrected chi connectivity index (χ2v) is 7.12. The van der Waals surface area contributed by atoms with Crippen LogP contribution in [0.15, 0.2) is 66.5 Å². The molecule has 0 aliphatic carbocycles. The minimum absolute atomic E-state index is 0.0349. The highest BCUT2D eigenvalue weighted by Gasteiger charge is 2.29. The van der Waals surface area contributed by atoms with Crippen molar-refractivity contribution in [3.8, 4) is 0 Å². The maximum absolute atomic E-state index is 12.8. The normalized spacial score (nSPS) is 15.1. The summed E-state index contributed by atoms with van der Waals surface area (Å²) in [5, 5.41) is 20.0. The molecule has 2 heterocycles. The van der Waals surface area contributed by atoms with Gasteiger partial charge in [0.25, 0.3) is 5.91 Å². The highest BCUT2D eigenvalue weighted by atomic mass is 35.5. The third-order valence-electron chi connectivity index (χ3n) is 4.61. The van der Waals surface area contributed by atoms with Gasteiger partial charge in [-0.25, -0.2) is 9.48 Å². The van der Waals surface area contributed by atoms with E-state index in [2.05, 4.69) is 15.7 Å². The van der Waals surface area contributed by atoms with E-state index < -0.39 is 12.0 Å². The van der Waals surface area contributed by atoms with Crippen molar-refractivity contribution in [2.24, 2.45) is 0 Å². The van der Waals surface area contributed by atoms with E-state index in [9.17, 15) is 14.7 Å². The number of carboxylic acids is 1. The Bertz CT molecular complexity index is 1140. The summed E-state index contributed by atoms with van der Waals surface area (Å²) in [5.74, 6) is -1.21. The van der Waals surface area contributed by atoms with Crippen LogP contribution in [0.5, 0.6) is 0 Å². The van der Waals surface area contributed by atoms with E-state index in [0.29, 0.717) is 16.5 Å². The number of aliphatic carboxylic acids is 1. The fourth-order valence-electron chi connectivity index (χ4n) is 3.15. The molecule has 3 N–H and O–H groups in total. The largest absolute Gasteiger partial charge is 0.477 e. The molecule has 2 aromatic carbocycles. The number of allylic oxidation sites excluding steroid dienone is 1. The maximum Gasteiger partial charge on any atom is 0.352 e. The first-order chi connectivity index (χ1) is 13.9. The second-order valence-electron chi connectivity index (χ2n) is 6.68. The lowest BCUT2D eigenvalue weighted by atomic mass is 10.0. The predicted octanol–water partition coefficient (Wildman–Crippen LogP) is 4.08. The van der Waals surface area contributed by atoms with Crippen molar-refractivity contribution >= 4 is 35.0 Å². The molecule has 0 spiro atoms. The third kappa shape index (κ3) is 3.72. The SMILES string of the molecule is Cc1ccc(NC(=O)c2cnn3c2NC(C(=O)O)=CC3c2cccc(Cl)c2)cc1. The first-order valence-corrected chi connectivity index (χ1v) is 9.23. The van der Waals surface area contributed by atoms with Crippen LogP contribution in [0.3, 0.4) is 0 Å². The fraction of sp³-hybridized carbons (Fsp3) is 0.0952. The monoisotopic (exact) mass is 408 g/mol. The summed E-state index contributed by atoms with van der Waals surface area (Å²) < 4.78 is 1.57. The number of hydrogen-bond donors (Lipinski definition) is 3. The summed E-state index contributed by atoms with van der Waals surface area (Å²) in [5.41, 5.74) is 2.68. The van der Waals surface area contributed by atoms with E-state index in [1.807, 2.05) is 25.1 Å². The van der Waals surface area contributed by atoms with Gasteiger partial charge in [-0.05, 0) is 42.8 Å². The Kier molecular flexibility index (Phi) is 4.82. The van der Waals surface area contributed by atoms with Crippen molar-refractivity contribution in [3.05, 3.63) is 88.2 Å². The second kappa shape index (κ2) is 7.44. The Labute approximate surface area is 171 Å². The van der Waals surface area contributed by atoms with E-state index in [0.717, 1.165) is 11.1 Å². The molecule has 1 unspecified atom stereocenters. The van der Waals surface area contributed by atoms with Crippen LogP contribution in [0.2, 0.25) is 5.02 Å². The van der Waals surface area contributed by atoms with Crippen molar-refractivity contribution in [3.63, 3.8) is 0 Å². The number of halogens is 1. The molecule has 1 aliphatic heterocycles. The highest BCUT2D eigenvalue weighted by Crippen LogP contribution is 2.33. The van der Waals surface area contributed by atoms with E-state index in [1.165, 1.54) is 12.3 Å². The van der Waals surface area contributed by atoms with Crippen LogP contribution in [0.1, 0.15) is 27.5 Å². The van der Waals surface area contributed by atoms with Gasteiger partial charge in [-0.2, -0.15) is 5.10 Å². The molecule has 0 saturated heterocycles. The molecule has 7 nitrogen and oxygen atoms in total. The lowest BCUT2D eigenvalue weighted by Crippen LogP contribution is -2.25. The van der Waals surface area contributed by atoms with Crippen molar-refractivity contribution in [2.45, 2.75) is 13.0 Å². The molecule has 0 saturated carbocycles. The van der Waals surface area contributed by atoms with Gasteiger partial charge in [0.05, 0.1) is 12.2 Å². The van der Waals surface area contributed by atoms with E-state index in [-0.39, 0.29) is 17.2 Å². The average molecular weight is 409 g/mol. The maximum atomic E-state index is 12.8. The number of nitrogens with one attached hydrogen (secondary N) is 2. The van der Waals surface area contributed by atoms with Crippen LogP contribution in [-0.4, -0.2) is 26.8 Å². The molecule has 8 heteroatoms. The molecule has 4 rings (SSSR count). The van der Waals surface area contributed by atoms with Gasteiger partial charge >= 0.3 is 5.97 Å². The van der Waals surface area contributed by atoms with Gasteiger partial charge in [-0.1, -0.05) is 41.4 Å². The Morgan fingerprint density at radius 2 is 1.97 bits per heavy atom. The zero-order valence-corrected chi connectivity index (χ0v) is 16.1. The molecular formula is C21H17ClN4O3. The topological polar surface area (TPSA) is 96.3 Å². The first kappa shape index (κ1) is 18.8. The summed E-state index contributed by atoms with van der Waals surface area (Å²) >= 11 is 6.10. The molecule has 3 aromatic rings. The zero-order chi connectivity index (χ0) is 20.5. The number of benzene rings is 2. The third-order valence-corrected chi connectivity index (χ3v) is 4.85. The minimum atomic E-state index is -1.13. The van der Waals surface area contributed by atoms with Gasteiger partial charge in [0.2, 0.25) is 0 Å². The molecule has 146 valence electrons. The van der Waals surface area contributed by atoms with E-state index in [4.69, 9.17) is 11.6 Å². The Morgan fingerprint density at radius 3 is 2.66 bits per heavy atom. The molecule has 0 bridgehead atoms. The van der Waals surface area contributed by atoms with Gasteiger partial charge in [0.15, 0.2) is 0 Å². The number of carboxylic acid groups (broad SMARTS) is 1. The quantitative estimate of drug-likeness (QED) is 0.604. The molecule has 0 fully saturated rings. The van der Waals surface area contributed by atoms with Crippen LogP contribution in [0.25, 0.3) is 0 Å². The number of aryl methyl sites for hydroxylation is 1. The van der Waals surface area contributed by atoms with Crippen molar-refractivity contribution < 1.29 is 14.7 Å². The summed E-state index contributed by atoms with van der Waals surface area (Å²) in [6.45, 7) is 1.96. The molecule has 1 atom stereocenters. The van der Waals surface area contributed by atoms with Crippen molar-refractivity contribution in [2.75, 3.05) is 10.6 Å². The molecule has 29 heavy (non-hydrogen) atoms. The summed E-state index contributed by atoms with van der Waals surface area (Å²) in [4.78, 5) is 24.5. The standard InChI is InChI=1S/C21H17ClN4O3/c1-12-5-7-15(8-6-12)24-20(27)16-11-23-26-18(13-3-2-4-14(22)9-13)10-17(21(28)29)25-19(16)26/h2-11,18,25H,1H3,(H,24,27)(H,28,29). The van der Waals surface area contributed by atoms with Crippen molar-refractivity contribution in [1.29, 1.82) is 0 Å². The van der Waals surface area contributed by atoms with Gasteiger partial charge in [0.1, 0.15) is 17.1 Å². The Hall–Kier alpha value is -3.58. The summed E-state index contributed by atoms with van der Waals surface area (Å²) in [7, 11) is 0. The smallest absolute Gasteiger partial charge is 0.352 e. The highest BCUT2D eigenvalue weighted by molar-refractivity contribution is 6.30. The molecular weight excluding hydrogens is 392 g/mol. The van der Waals surface area contributed by atoms with Gasteiger partial charge < -0.3 is 15.7 Å². The van der Waals surface area contributed by atoms with Crippen LogP contribution >= 0.6 is 11.6 Å². The fourth-order valence-corrected chi connectivity index (χ4v) is 3.35. The number of anilines is 2. The summed E-state index contributed by atoms with van der Waals surface area (Å²) in [6, 6.07) is 13.9. The van der Waals surface area contributed by atoms with Crippen molar-refractivity contribution in [1.82, 2.24) is 9.78 Å². The number of hydrogen-bond acceptors (Lipinski definition) is 4. The lowest BCUT2D eigenvalue weighted by molar-refractivity contribution is -0.132. The number of carbonyl (C=O) groups is 2. The number of aromatic nitrogens is 2. The number of nitrogens with zero attached hydrogens (tertiary/aromatic N) is 2. The molecule has 1 aromatic heterocycles.